The van der Waals surface area contributed by atoms with Gasteiger partial charge >= 0.3 is 0 Å². The van der Waals surface area contributed by atoms with Crippen LogP contribution in [0.3, 0.4) is 0 Å². The molecule has 1 aliphatic heterocycles. The molecule has 1 saturated heterocycles. The molecule has 0 spiro atoms. The van der Waals surface area contributed by atoms with Crippen molar-refractivity contribution in [3.05, 3.63) is 15.6 Å². The highest BCUT2D eigenvalue weighted by atomic mass is 32.2. The van der Waals surface area contributed by atoms with Crippen molar-refractivity contribution < 1.29 is 4.74 Å². The lowest BCUT2D eigenvalue weighted by molar-refractivity contribution is 0.0753. The van der Waals surface area contributed by atoms with Gasteiger partial charge < -0.3 is 10.5 Å². The highest BCUT2D eigenvalue weighted by Gasteiger charge is 2.26. The second kappa shape index (κ2) is 5.26. The molecule has 2 heterocycles. The highest BCUT2D eigenvalue weighted by molar-refractivity contribution is 7.99. The minimum atomic E-state index is 0.0608. The second-order valence-corrected chi connectivity index (χ2v) is 7.48. The molecule has 17 heavy (non-hydrogen) atoms. The molecule has 0 radical (unpaired) electrons. The van der Waals surface area contributed by atoms with Gasteiger partial charge in [0, 0.05) is 28.3 Å². The Balaban J connectivity index is 2.27. The van der Waals surface area contributed by atoms with E-state index in [4.69, 9.17) is 15.5 Å². The molecule has 2 rings (SSSR count). The molecule has 0 amide bonds. The third kappa shape index (κ3) is 3.02. The molecule has 1 aromatic rings. The van der Waals surface area contributed by atoms with Crippen LogP contribution in [0, 0.1) is 0 Å². The largest absolute Gasteiger partial charge is 0.369 e. The van der Waals surface area contributed by atoms with Crippen LogP contribution in [0.2, 0.25) is 0 Å². The van der Waals surface area contributed by atoms with E-state index in [1.54, 1.807) is 11.3 Å². The smallest absolute Gasteiger partial charge is 0.123 e. The lowest BCUT2D eigenvalue weighted by Crippen LogP contribution is -2.17. The number of thioether (sulfide) groups is 1. The zero-order valence-electron chi connectivity index (χ0n) is 10.7. The molecule has 1 atom stereocenters. The molecule has 0 aliphatic carbocycles. The summed E-state index contributed by atoms with van der Waals surface area (Å²) in [4.78, 5) is 5.98. The molecule has 0 bridgehead atoms. The van der Waals surface area contributed by atoms with Crippen molar-refractivity contribution >= 4 is 23.1 Å². The fourth-order valence-corrected chi connectivity index (χ4v) is 4.02. The lowest BCUT2D eigenvalue weighted by atomic mass is 9.91. The van der Waals surface area contributed by atoms with Gasteiger partial charge in [-0.25, -0.2) is 4.98 Å². The van der Waals surface area contributed by atoms with Crippen LogP contribution in [-0.2, 0) is 16.7 Å². The number of thiazole rings is 1. The van der Waals surface area contributed by atoms with E-state index in [-0.39, 0.29) is 11.5 Å². The van der Waals surface area contributed by atoms with Crippen molar-refractivity contribution in [2.45, 2.75) is 38.8 Å². The maximum atomic E-state index is 5.81. The van der Waals surface area contributed by atoms with E-state index in [0.717, 1.165) is 28.8 Å². The summed E-state index contributed by atoms with van der Waals surface area (Å²) in [5, 5.41) is 1.10. The van der Waals surface area contributed by atoms with Gasteiger partial charge in [0.15, 0.2) is 0 Å². The molecule has 96 valence electrons. The summed E-state index contributed by atoms with van der Waals surface area (Å²) in [6.07, 6.45) is 0.167. The number of hydrogen-bond donors (Lipinski definition) is 1. The molecule has 2 N–H and O–H groups in total. The van der Waals surface area contributed by atoms with E-state index in [0.29, 0.717) is 6.54 Å². The van der Waals surface area contributed by atoms with Crippen LogP contribution in [0.15, 0.2) is 0 Å². The fraction of sp³-hybridized carbons (Fsp3) is 0.750. The van der Waals surface area contributed by atoms with E-state index < -0.39 is 0 Å². The Morgan fingerprint density at radius 1 is 1.47 bits per heavy atom. The normalized spacial score (nSPS) is 21.8. The number of rotatable bonds is 2. The van der Waals surface area contributed by atoms with Gasteiger partial charge in [-0.1, -0.05) is 20.8 Å². The summed E-state index contributed by atoms with van der Waals surface area (Å²) in [5.41, 5.74) is 7.01. The van der Waals surface area contributed by atoms with Crippen molar-refractivity contribution in [2.24, 2.45) is 5.73 Å². The predicted octanol–water partition coefficient (Wildman–Crippen LogP) is 2.70. The lowest BCUT2D eigenvalue weighted by Gasteiger charge is -2.20. The quantitative estimate of drug-likeness (QED) is 0.899. The summed E-state index contributed by atoms with van der Waals surface area (Å²) in [6.45, 7) is 7.95. The van der Waals surface area contributed by atoms with E-state index in [9.17, 15) is 0 Å². The van der Waals surface area contributed by atoms with Gasteiger partial charge in [0.05, 0.1) is 12.3 Å². The Morgan fingerprint density at radius 2 is 2.24 bits per heavy atom. The van der Waals surface area contributed by atoms with Gasteiger partial charge in [0.2, 0.25) is 0 Å². The second-order valence-electron chi connectivity index (χ2n) is 5.21. The minimum Gasteiger partial charge on any atom is -0.369 e. The van der Waals surface area contributed by atoms with E-state index in [1.165, 1.54) is 4.88 Å². The summed E-state index contributed by atoms with van der Waals surface area (Å²) in [5.74, 6) is 2.11. The van der Waals surface area contributed by atoms with Crippen LogP contribution in [0.25, 0.3) is 0 Å². The number of ether oxygens (including phenoxy) is 1. The van der Waals surface area contributed by atoms with Gasteiger partial charge in [-0.3, -0.25) is 0 Å². The first-order valence-electron chi connectivity index (χ1n) is 5.92. The maximum absolute atomic E-state index is 5.81. The van der Waals surface area contributed by atoms with Gasteiger partial charge in [0.25, 0.3) is 0 Å². The molecule has 1 fully saturated rings. The zero-order chi connectivity index (χ0) is 12.5. The van der Waals surface area contributed by atoms with Crippen LogP contribution in [0.4, 0.5) is 0 Å². The first kappa shape index (κ1) is 13.3. The van der Waals surface area contributed by atoms with Crippen molar-refractivity contribution in [3.8, 4) is 0 Å². The highest BCUT2D eigenvalue weighted by Crippen LogP contribution is 2.35. The first-order chi connectivity index (χ1) is 8.02. The summed E-state index contributed by atoms with van der Waals surface area (Å²) in [7, 11) is 0. The molecular weight excluding hydrogens is 252 g/mol. The van der Waals surface area contributed by atoms with Crippen molar-refractivity contribution in [1.82, 2.24) is 4.98 Å². The summed E-state index contributed by atoms with van der Waals surface area (Å²) in [6, 6.07) is 0. The molecule has 1 aromatic heterocycles. The monoisotopic (exact) mass is 272 g/mol. The van der Waals surface area contributed by atoms with Gasteiger partial charge in [-0.05, 0) is 0 Å². The molecule has 0 saturated carbocycles. The fourth-order valence-electron chi connectivity index (χ4n) is 1.86. The first-order valence-corrected chi connectivity index (χ1v) is 7.89. The summed E-state index contributed by atoms with van der Waals surface area (Å²) < 4.78 is 5.78. The zero-order valence-corrected chi connectivity index (χ0v) is 12.3. The summed E-state index contributed by atoms with van der Waals surface area (Å²) >= 11 is 3.66. The van der Waals surface area contributed by atoms with Crippen molar-refractivity contribution in [1.29, 1.82) is 0 Å². The maximum Gasteiger partial charge on any atom is 0.123 e. The van der Waals surface area contributed by atoms with Crippen LogP contribution < -0.4 is 5.73 Å². The van der Waals surface area contributed by atoms with Crippen molar-refractivity contribution in [3.63, 3.8) is 0 Å². The van der Waals surface area contributed by atoms with Crippen LogP contribution in [0.1, 0.15) is 42.5 Å². The average Bonchev–Trinajstić information content (AvgIpc) is 2.74. The van der Waals surface area contributed by atoms with Crippen LogP contribution >= 0.6 is 23.1 Å². The van der Waals surface area contributed by atoms with E-state index >= 15 is 0 Å². The minimum absolute atomic E-state index is 0.0608. The molecule has 5 heteroatoms. The van der Waals surface area contributed by atoms with E-state index in [1.807, 2.05) is 11.8 Å². The number of nitrogens with two attached hydrogens (primary N) is 1. The molecule has 0 aromatic carbocycles. The Hall–Kier alpha value is -0.100. The Labute approximate surface area is 111 Å². The third-order valence-electron chi connectivity index (χ3n) is 2.70. The molecule has 3 nitrogen and oxygen atoms in total. The topological polar surface area (TPSA) is 48.1 Å². The van der Waals surface area contributed by atoms with Crippen LogP contribution in [-0.4, -0.2) is 23.1 Å². The number of nitrogens with zero attached hydrogens (tertiary/aromatic N) is 1. The standard InChI is InChI=1S/C12H20N2OS2/c1-12(2,3)10-9(6-13)17-11(14-10)8-7-16-5-4-15-8/h8H,4-7,13H2,1-3H3. The third-order valence-corrected chi connectivity index (χ3v) is 4.86. The van der Waals surface area contributed by atoms with Gasteiger partial charge in [-0.15, -0.1) is 11.3 Å². The van der Waals surface area contributed by atoms with Crippen molar-refractivity contribution in [2.75, 3.05) is 18.1 Å². The predicted molar refractivity (Wildman–Crippen MR) is 74.7 cm³/mol. The number of aromatic nitrogens is 1. The SMILES string of the molecule is CC(C)(C)c1nc(C2CSCCO2)sc1CN. The van der Waals surface area contributed by atoms with Gasteiger partial charge in [0.1, 0.15) is 11.1 Å². The Kier molecular flexibility index (Phi) is 4.13. The Morgan fingerprint density at radius 3 is 2.71 bits per heavy atom. The van der Waals surface area contributed by atoms with Crippen LogP contribution in [0.5, 0.6) is 0 Å². The molecular formula is C12H20N2OS2. The van der Waals surface area contributed by atoms with Gasteiger partial charge in [-0.2, -0.15) is 11.8 Å². The molecule has 1 aliphatic rings. The molecule has 1 unspecified atom stereocenters. The van der Waals surface area contributed by atoms with E-state index in [2.05, 4.69) is 20.8 Å². The average molecular weight is 272 g/mol. The Bertz CT molecular complexity index is 378. The number of hydrogen-bond acceptors (Lipinski definition) is 5.